The molecule has 2 fully saturated rings. The molecule has 1 N–H and O–H groups in total. The van der Waals surface area contributed by atoms with Crippen LogP contribution < -0.4 is 0 Å². The summed E-state index contributed by atoms with van der Waals surface area (Å²) in [6.07, 6.45) is 14.9. The second kappa shape index (κ2) is 6.32. The molecule has 5 atom stereocenters. The van der Waals surface area contributed by atoms with Crippen LogP contribution in [0.4, 0.5) is 0 Å². The highest BCUT2D eigenvalue weighted by atomic mass is 16.4. The lowest BCUT2D eigenvalue weighted by Crippen LogP contribution is -2.49. The minimum Gasteiger partial charge on any atom is -0.411 e. The summed E-state index contributed by atoms with van der Waals surface area (Å²) in [7, 11) is 0. The number of para-hydroxylation sites is 2. The lowest BCUT2D eigenvalue weighted by molar-refractivity contribution is -0.00599. The molecule has 30 heavy (non-hydrogen) atoms. The Morgan fingerprint density at radius 2 is 1.93 bits per heavy atom. The largest absolute Gasteiger partial charge is 0.411 e. The molecule has 4 aliphatic carbocycles. The highest BCUT2D eigenvalue weighted by Crippen LogP contribution is 2.65. The van der Waals surface area contributed by atoms with Crippen LogP contribution in [0.2, 0.25) is 0 Å². The van der Waals surface area contributed by atoms with Crippen LogP contribution in [-0.4, -0.2) is 20.5 Å². The molecule has 0 spiro atoms. The predicted molar refractivity (Wildman–Crippen MR) is 120 cm³/mol. The minimum atomic E-state index is 0.221. The minimum absolute atomic E-state index is 0.221. The number of allylic oxidation sites excluding steroid dienone is 4. The molecule has 2 saturated carbocycles. The highest BCUT2D eigenvalue weighted by molar-refractivity contribution is 5.87. The Labute approximate surface area is 178 Å². The van der Waals surface area contributed by atoms with Gasteiger partial charge in [0.15, 0.2) is 0 Å². The van der Waals surface area contributed by atoms with Crippen molar-refractivity contribution in [1.29, 1.82) is 0 Å². The molecule has 0 saturated heterocycles. The first kappa shape index (κ1) is 18.4. The lowest BCUT2D eigenvalue weighted by atomic mass is 9.48. The summed E-state index contributed by atoms with van der Waals surface area (Å²) < 4.78 is 2.37. The van der Waals surface area contributed by atoms with E-state index in [1.54, 1.807) is 0 Å². The van der Waals surface area contributed by atoms with Gasteiger partial charge >= 0.3 is 0 Å². The molecule has 1 aromatic carbocycles. The number of nitrogens with zero attached hydrogens (tertiary/aromatic N) is 3. The van der Waals surface area contributed by atoms with Crippen LogP contribution in [0.5, 0.6) is 0 Å². The summed E-state index contributed by atoms with van der Waals surface area (Å²) in [6, 6.07) is 8.50. The summed E-state index contributed by atoms with van der Waals surface area (Å²) in [6.45, 7) is 5.01. The number of hydrogen-bond acceptors (Lipinski definition) is 3. The monoisotopic (exact) mass is 401 g/mol. The maximum atomic E-state index is 9.30. The highest BCUT2D eigenvalue weighted by Gasteiger charge is 2.57. The van der Waals surface area contributed by atoms with E-state index in [4.69, 9.17) is 0 Å². The van der Waals surface area contributed by atoms with Crippen molar-refractivity contribution in [1.82, 2.24) is 9.55 Å². The fourth-order valence-electron chi connectivity index (χ4n) is 7.64. The first-order valence-electron chi connectivity index (χ1n) is 11.6. The molecule has 1 aromatic heterocycles. The molecule has 4 aliphatic rings. The molecule has 2 aromatic rings. The van der Waals surface area contributed by atoms with E-state index in [0.717, 1.165) is 42.3 Å². The van der Waals surface area contributed by atoms with E-state index in [2.05, 4.69) is 65.0 Å². The van der Waals surface area contributed by atoms with E-state index < -0.39 is 0 Å². The Hall–Kier alpha value is -2.36. The summed E-state index contributed by atoms with van der Waals surface area (Å²) in [5, 5.41) is 12.9. The summed E-state index contributed by atoms with van der Waals surface area (Å²) in [4.78, 5) is 4.67. The number of fused-ring (bicyclic) bond motifs is 6. The van der Waals surface area contributed by atoms with Gasteiger partial charge in [0.25, 0.3) is 0 Å². The van der Waals surface area contributed by atoms with Gasteiger partial charge in [-0.15, -0.1) is 0 Å². The zero-order chi connectivity index (χ0) is 20.5. The average molecular weight is 402 g/mol. The van der Waals surface area contributed by atoms with Crippen molar-refractivity contribution < 1.29 is 5.21 Å². The molecule has 0 amide bonds. The summed E-state index contributed by atoms with van der Waals surface area (Å²) in [5.74, 6) is 2.20. The molecule has 0 bridgehead atoms. The summed E-state index contributed by atoms with van der Waals surface area (Å²) >= 11 is 0. The Balaban J connectivity index is 1.35. The normalized spacial score (nSPS) is 39.3. The molecule has 156 valence electrons. The molecule has 0 unspecified atom stereocenters. The van der Waals surface area contributed by atoms with Gasteiger partial charge < -0.3 is 9.77 Å². The van der Waals surface area contributed by atoms with Crippen molar-refractivity contribution in [3.05, 3.63) is 48.3 Å². The van der Waals surface area contributed by atoms with E-state index in [9.17, 15) is 5.21 Å². The van der Waals surface area contributed by atoms with E-state index in [-0.39, 0.29) is 10.8 Å². The molecular formula is C26H31N3O. The Morgan fingerprint density at radius 1 is 1.07 bits per heavy atom. The van der Waals surface area contributed by atoms with Crippen molar-refractivity contribution >= 4 is 22.4 Å². The quantitative estimate of drug-likeness (QED) is 0.347. The van der Waals surface area contributed by atoms with Crippen LogP contribution in [-0.2, 0) is 0 Å². The van der Waals surface area contributed by atoms with Gasteiger partial charge in [0.05, 0.1) is 16.7 Å². The standard InChI is InChI=1S/C26H31N3O/c1-25-13-11-18(28-30)15-17(25)7-8-19-20-9-10-24(26(20,2)14-12-21(19)25)29-16-27-22-5-3-4-6-23(22)29/h3-7,10,16,19-21,30H,8-9,11-15H2,1-2H3/b28-18-/t19-,20-,21-,25-,26-/m0/s1. The number of benzene rings is 1. The third-order valence-corrected chi connectivity index (χ3v) is 9.35. The molecule has 1 heterocycles. The van der Waals surface area contributed by atoms with E-state index in [0.29, 0.717) is 5.92 Å². The second-order valence-electron chi connectivity index (χ2n) is 10.5. The van der Waals surface area contributed by atoms with Crippen LogP contribution in [0.3, 0.4) is 0 Å². The number of oxime groups is 1. The van der Waals surface area contributed by atoms with Crippen molar-refractivity contribution in [2.75, 3.05) is 0 Å². The van der Waals surface area contributed by atoms with Crippen molar-refractivity contribution in [3.63, 3.8) is 0 Å². The van der Waals surface area contributed by atoms with Crippen LogP contribution in [0.15, 0.2) is 53.5 Å². The Morgan fingerprint density at radius 3 is 2.80 bits per heavy atom. The fraction of sp³-hybridized carbons (Fsp3) is 0.538. The van der Waals surface area contributed by atoms with Gasteiger partial charge in [-0.3, -0.25) is 0 Å². The molecule has 0 radical (unpaired) electrons. The number of rotatable bonds is 1. The van der Waals surface area contributed by atoms with Crippen LogP contribution in [0, 0.1) is 28.6 Å². The third kappa shape index (κ3) is 2.34. The van der Waals surface area contributed by atoms with Gasteiger partial charge in [0, 0.05) is 17.5 Å². The second-order valence-corrected chi connectivity index (χ2v) is 10.5. The SMILES string of the molecule is C[C@]12CC/C(=N/O)CC1=CC[C@@H]1[C@@H]2CC[C@]2(C)C(n3cnc4ccccc43)=CC[C@@H]12. The van der Waals surface area contributed by atoms with Crippen LogP contribution >= 0.6 is 0 Å². The van der Waals surface area contributed by atoms with Gasteiger partial charge in [-0.1, -0.05) is 48.9 Å². The maximum absolute atomic E-state index is 9.30. The van der Waals surface area contributed by atoms with E-state index in [1.807, 2.05) is 6.33 Å². The number of aromatic nitrogens is 2. The zero-order valence-corrected chi connectivity index (χ0v) is 18.0. The van der Waals surface area contributed by atoms with Crippen molar-refractivity contribution in [3.8, 4) is 0 Å². The first-order valence-corrected chi connectivity index (χ1v) is 11.6. The van der Waals surface area contributed by atoms with Crippen molar-refractivity contribution in [2.45, 2.75) is 58.8 Å². The third-order valence-electron chi connectivity index (χ3n) is 9.35. The average Bonchev–Trinajstić information content (AvgIpc) is 3.33. The maximum Gasteiger partial charge on any atom is 0.100 e. The van der Waals surface area contributed by atoms with Gasteiger partial charge in [-0.25, -0.2) is 4.98 Å². The Bertz CT molecular complexity index is 1110. The first-order chi connectivity index (χ1) is 14.5. The van der Waals surface area contributed by atoms with Gasteiger partial charge in [0.1, 0.15) is 6.33 Å². The van der Waals surface area contributed by atoms with Crippen LogP contribution in [0.25, 0.3) is 16.7 Å². The molecule has 4 heteroatoms. The van der Waals surface area contributed by atoms with Crippen molar-refractivity contribution in [2.24, 2.45) is 33.7 Å². The molecule has 6 rings (SSSR count). The molecule has 4 nitrogen and oxygen atoms in total. The predicted octanol–water partition coefficient (Wildman–Crippen LogP) is 6.28. The smallest absolute Gasteiger partial charge is 0.100 e. The zero-order valence-electron chi connectivity index (χ0n) is 18.0. The van der Waals surface area contributed by atoms with Crippen LogP contribution in [0.1, 0.15) is 58.8 Å². The Kier molecular flexibility index (Phi) is 3.88. The topological polar surface area (TPSA) is 50.4 Å². The number of hydrogen-bond donors (Lipinski definition) is 1. The fourth-order valence-corrected chi connectivity index (χ4v) is 7.64. The summed E-state index contributed by atoms with van der Waals surface area (Å²) in [5.41, 5.74) is 6.79. The number of imidazole rings is 1. The molecular weight excluding hydrogens is 370 g/mol. The lowest BCUT2D eigenvalue weighted by Gasteiger charge is -2.57. The molecule has 0 aliphatic heterocycles. The van der Waals surface area contributed by atoms with Gasteiger partial charge in [0.2, 0.25) is 0 Å². The van der Waals surface area contributed by atoms with Gasteiger partial charge in [-0.05, 0) is 73.8 Å². The van der Waals surface area contributed by atoms with Gasteiger partial charge in [-0.2, -0.15) is 0 Å². The van der Waals surface area contributed by atoms with E-state index >= 15 is 0 Å². The van der Waals surface area contributed by atoms with E-state index in [1.165, 1.54) is 42.5 Å².